The lowest BCUT2D eigenvalue weighted by molar-refractivity contribution is -0.0152. The van der Waals surface area contributed by atoms with Gasteiger partial charge in [0.05, 0.1) is 11.5 Å². The van der Waals surface area contributed by atoms with Crippen LogP contribution in [0.4, 0.5) is 0 Å². The van der Waals surface area contributed by atoms with E-state index < -0.39 is 28.7 Å². The number of benzene rings is 1. The Morgan fingerprint density at radius 2 is 1.69 bits per heavy atom. The highest BCUT2D eigenvalue weighted by Crippen LogP contribution is 2.19. The molecule has 2 atom stereocenters. The zero-order valence-electron chi connectivity index (χ0n) is 8.74. The average Bonchev–Trinajstić information content (AvgIpc) is 2.26. The number of hydrogen-bond acceptors (Lipinski definition) is 5. The van der Waals surface area contributed by atoms with Crippen molar-refractivity contribution < 1.29 is 23.7 Å². The third-order valence-corrected chi connectivity index (χ3v) is 3.33. The van der Waals surface area contributed by atoms with Crippen molar-refractivity contribution in [2.24, 2.45) is 0 Å². The van der Waals surface area contributed by atoms with Gasteiger partial charge < -0.3 is 15.3 Å². The molecule has 0 aliphatic heterocycles. The van der Waals surface area contributed by atoms with E-state index in [9.17, 15) is 18.6 Å². The lowest BCUT2D eigenvalue weighted by Crippen LogP contribution is -2.22. The molecule has 0 amide bonds. The minimum Gasteiger partial charge on any atom is -0.394 e. The molecule has 1 aromatic rings. The fourth-order valence-corrected chi connectivity index (χ4v) is 1.86. The second-order valence-corrected chi connectivity index (χ2v) is 5.55. The monoisotopic (exact) mass is 246 g/mol. The molecular formula is C10H14O5S. The Morgan fingerprint density at radius 3 is 2.06 bits per heavy atom. The smallest absolute Gasteiger partial charge is 0.175 e. The number of aliphatic hydroxyl groups excluding tert-OH is 3. The van der Waals surface area contributed by atoms with Crippen molar-refractivity contribution in [3.05, 3.63) is 29.8 Å². The van der Waals surface area contributed by atoms with Gasteiger partial charge in [-0.3, -0.25) is 0 Å². The molecule has 0 aromatic heterocycles. The van der Waals surface area contributed by atoms with Gasteiger partial charge in [0, 0.05) is 6.26 Å². The Morgan fingerprint density at radius 1 is 1.19 bits per heavy atom. The maximum Gasteiger partial charge on any atom is 0.175 e. The van der Waals surface area contributed by atoms with E-state index in [1.54, 1.807) is 0 Å². The van der Waals surface area contributed by atoms with Crippen LogP contribution in [0, 0.1) is 0 Å². The Hall–Kier alpha value is -0.950. The third-order valence-electron chi connectivity index (χ3n) is 2.20. The second-order valence-electron chi connectivity index (χ2n) is 3.54. The second kappa shape index (κ2) is 4.92. The molecule has 0 saturated heterocycles. The van der Waals surface area contributed by atoms with Crippen molar-refractivity contribution in [1.29, 1.82) is 0 Å². The van der Waals surface area contributed by atoms with Gasteiger partial charge in [-0.15, -0.1) is 0 Å². The fraction of sp³-hybridized carbons (Fsp3) is 0.400. The van der Waals surface area contributed by atoms with Crippen LogP contribution in [0.1, 0.15) is 11.7 Å². The minimum absolute atomic E-state index is 0.141. The molecule has 3 N–H and O–H groups in total. The molecule has 6 heteroatoms. The first kappa shape index (κ1) is 13.1. The molecule has 16 heavy (non-hydrogen) atoms. The molecular weight excluding hydrogens is 232 g/mol. The van der Waals surface area contributed by atoms with E-state index in [0.29, 0.717) is 5.56 Å². The van der Waals surface area contributed by atoms with Crippen LogP contribution in [0.2, 0.25) is 0 Å². The molecule has 5 nitrogen and oxygen atoms in total. The van der Waals surface area contributed by atoms with Crippen LogP contribution in [0.25, 0.3) is 0 Å². The molecule has 0 aliphatic rings. The summed E-state index contributed by atoms with van der Waals surface area (Å²) in [6.45, 7) is -0.561. The van der Waals surface area contributed by atoms with Crippen molar-refractivity contribution in [3.8, 4) is 0 Å². The zero-order chi connectivity index (χ0) is 12.3. The van der Waals surface area contributed by atoms with Gasteiger partial charge in [0.1, 0.15) is 12.2 Å². The predicted octanol–water partition coefficient (Wildman–Crippen LogP) is -0.523. The topological polar surface area (TPSA) is 94.8 Å². The Labute approximate surface area is 93.9 Å². The van der Waals surface area contributed by atoms with Crippen LogP contribution in [0.15, 0.2) is 29.2 Å². The van der Waals surface area contributed by atoms with E-state index in [4.69, 9.17) is 5.11 Å². The van der Waals surface area contributed by atoms with Gasteiger partial charge in [-0.25, -0.2) is 8.42 Å². The summed E-state index contributed by atoms with van der Waals surface area (Å²) in [6, 6.07) is 5.50. The molecule has 0 fully saturated rings. The van der Waals surface area contributed by atoms with Crippen LogP contribution in [-0.2, 0) is 9.84 Å². The standard InChI is InChI=1S/C10H14O5S/c1-16(14,15)8-4-2-7(3-5-8)10(13)9(12)6-11/h2-5,9-13H,6H2,1H3/t9-,10+/m1/s1. The number of sulfone groups is 1. The summed E-state index contributed by atoms with van der Waals surface area (Å²) in [5, 5.41) is 27.4. The Balaban J connectivity index is 2.96. The van der Waals surface area contributed by atoms with E-state index in [2.05, 4.69) is 0 Å². The molecule has 0 aliphatic carbocycles. The lowest BCUT2D eigenvalue weighted by Gasteiger charge is -2.15. The quantitative estimate of drug-likeness (QED) is 0.664. The van der Waals surface area contributed by atoms with Gasteiger partial charge in [-0.1, -0.05) is 12.1 Å². The van der Waals surface area contributed by atoms with Gasteiger partial charge in [-0.2, -0.15) is 0 Å². The zero-order valence-corrected chi connectivity index (χ0v) is 9.55. The third kappa shape index (κ3) is 3.02. The van der Waals surface area contributed by atoms with Crippen LogP contribution < -0.4 is 0 Å². The molecule has 0 bridgehead atoms. The summed E-state index contributed by atoms with van der Waals surface area (Å²) in [6.07, 6.45) is -1.41. The predicted molar refractivity (Wildman–Crippen MR) is 57.6 cm³/mol. The number of aliphatic hydroxyl groups is 3. The fourth-order valence-electron chi connectivity index (χ4n) is 1.23. The van der Waals surface area contributed by atoms with Crippen molar-refractivity contribution in [2.45, 2.75) is 17.1 Å². The number of hydrogen-bond donors (Lipinski definition) is 3. The van der Waals surface area contributed by atoms with Crippen LogP contribution in [0.5, 0.6) is 0 Å². The summed E-state index contributed by atoms with van der Waals surface area (Å²) >= 11 is 0. The summed E-state index contributed by atoms with van der Waals surface area (Å²) in [7, 11) is -3.26. The van der Waals surface area contributed by atoms with Crippen molar-refractivity contribution in [1.82, 2.24) is 0 Å². The van der Waals surface area contributed by atoms with Crippen molar-refractivity contribution in [2.75, 3.05) is 12.9 Å². The minimum atomic E-state index is -3.26. The maximum atomic E-state index is 11.2. The van der Waals surface area contributed by atoms with Crippen molar-refractivity contribution >= 4 is 9.84 Å². The summed E-state index contributed by atoms with van der Waals surface area (Å²) in [4.78, 5) is 0.141. The summed E-state index contributed by atoms with van der Waals surface area (Å²) < 4.78 is 22.3. The molecule has 0 radical (unpaired) electrons. The molecule has 90 valence electrons. The van der Waals surface area contributed by atoms with Gasteiger partial charge in [0.2, 0.25) is 0 Å². The van der Waals surface area contributed by atoms with E-state index >= 15 is 0 Å². The number of rotatable bonds is 4. The van der Waals surface area contributed by atoms with Gasteiger partial charge in [0.15, 0.2) is 9.84 Å². The van der Waals surface area contributed by atoms with E-state index in [-0.39, 0.29) is 4.90 Å². The average molecular weight is 246 g/mol. The first-order valence-electron chi connectivity index (χ1n) is 4.63. The molecule has 0 saturated carbocycles. The van der Waals surface area contributed by atoms with Crippen LogP contribution in [0.3, 0.4) is 0 Å². The van der Waals surface area contributed by atoms with Crippen LogP contribution >= 0.6 is 0 Å². The highest BCUT2D eigenvalue weighted by atomic mass is 32.2. The molecule has 0 unspecified atom stereocenters. The summed E-state index contributed by atoms with van der Waals surface area (Å²) in [5.74, 6) is 0. The molecule has 0 heterocycles. The normalized spacial score (nSPS) is 15.8. The maximum absolute atomic E-state index is 11.2. The SMILES string of the molecule is CS(=O)(=O)c1ccc([C@H](O)[C@H](O)CO)cc1. The van der Waals surface area contributed by atoms with E-state index in [1.807, 2.05) is 0 Å². The summed E-state index contributed by atoms with van der Waals surface area (Å²) in [5.41, 5.74) is 0.356. The highest BCUT2D eigenvalue weighted by Gasteiger charge is 2.17. The molecule has 1 aromatic carbocycles. The first-order chi connectivity index (χ1) is 7.36. The molecule has 0 spiro atoms. The van der Waals surface area contributed by atoms with Gasteiger partial charge in [0.25, 0.3) is 0 Å². The molecule has 1 rings (SSSR count). The lowest BCUT2D eigenvalue weighted by atomic mass is 10.1. The van der Waals surface area contributed by atoms with Gasteiger partial charge >= 0.3 is 0 Å². The van der Waals surface area contributed by atoms with Crippen molar-refractivity contribution in [3.63, 3.8) is 0 Å². The first-order valence-corrected chi connectivity index (χ1v) is 6.52. The van der Waals surface area contributed by atoms with E-state index in [0.717, 1.165) is 6.26 Å². The Bertz CT molecular complexity index is 437. The Kier molecular flexibility index (Phi) is 4.03. The van der Waals surface area contributed by atoms with Crippen LogP contribution in [-0.4, -0.2) is 42.7 Å². The largest absolute Gasteiger partial charge is 0.394 e. The highest BCUT2D eigenvalue weighted by molar-refractivity contribution is 7.90. The van der Waals surface area contributed by atoms with Gasteiger partial charge in [-0.05, 0) is 17.7 Å². The van der Waals surface area contributed by atoms with E-state index in [1.165, 1.54) is 24.3 Å².